The van der Waals surface area contributed by atoms with Gasteiger partial charge >= 0.3 is 5.97 Å². The van der Waals surface area contributed by atoms with E-state index in [-0.39, 0.29) is 11.3 Å². The zero-order valence-electron chi connectivity index (χ0n) is 16.1. The van der Waals surface area contributed by atoms with Gasteiger partial charge in [-0.05, 0) is 49.1 Å². The number of carboxylic acids is 1. The normalized spacial score (nSPS) is 17.4. The van der Waals surface area contributed by atoms with Crippen LogP contribution in [0.1, 0.15) is 28.8 Å². The van der Waals surface area contributed by atoms with Crippen molar-refractivity contribution in [2.24, 2.45) is 0 Å². The molecule has 0 radical (unpaired) electrons. The molecular formula is C22H24N2O4S. The summed E-state index contributed by atoms with van der Waals surface area (Å²) in [5.74, 6) is -0.860. The topological polar surface area (TPSA) is 82.2 Å². The van der Waals surface area contributed by atoms with E-state index in [4.69, 9.17) is 11.7 Å². The smallest absolute Gasteiger partial charge is 0.335 e. The van der Waals surface area contributed by atoms with Gasteiger partial charge < -0.3 is 15.1 Å². The van der Waals surface area contributed by atoms with Gasteiger partial charge in [0.1, 0.15) is 0 Å². The van der Waals surface area contributed by atoms with Crippen molar-refractivity contribution in [2.75, 3.05) is 25.4 Å². The van der Waals surface area contributed by atoms with Crippen LogP contribution in [0, 0.1) is 6.57 Å². The summed E-state index contributed by atoms with van der Waals surface area (Å²) in [4.78, 5) is 17.1. The number of carboxylic acid groups (broad SMARTS) is 1. The highest BCUT2D eigenvalue weighted by Crippen LogP contribution is 2.25. The van der Waals surface area contributed by atoms with Gasteiger partial charge in [0.05, 0.1) is 34.3 Å². The Hall–Kier alpha value is -2.53. The third-order valence-corrected chi connectivity index (χ3v) is 6.93. The van der Waals surface area contributed by atoms with Gasteiger partial charge in [-0.2, -0.15) is 0 Å². The molecule has 0 amide bonds. The van der Waals surface area contributed by atoms with Crippen molar-refractivity contribution < 1.29 is 19.2 Å². The highest BCUT2D eigenvalue weighted by atomic mass is 32.2. The van der Waals surface area contributed by atoms with E-state index in [1.165, 1.54) is 17.7 Å². The summed E-state index contributed by atoms with van der Waals surface area (Å²) < 4.78 is 12.6. The lowest BCUT2D eigenvalue weighted by molar-refractivity contribution is -0.00149. The molecule has 152 valence electrons. The number of carbonyl (C=O) groups is 1. The quantitative estimate of drug-likeness (QED) is 0.683. The molecule has 1 atom stereocenters. The van der Waals surface area contributed by atoms with E-state index in [9.17, 15) is 14.1 Å². The number of nitrogens with zero attached hydrogens (tertiary/aromatic N) is 2. The van der Waals surface area contributed by atoms with Crippen LogP contribution < -0.4 is 0 Å². The zero-order chi connectivity index (χ0) is 20.9. The van der Waals surface area contributed by atoms with Crippen molar-refractivity contribution in [2.45, 2.75) is 29.8 Å². The Labute approximate surface area is 173 Å². The van der Waals surface area contributed by atoms with E-state index < -0.39 is 22.4 Å². The SMILES string of the molecule is [C-]#[N+]c1ccc(CCN2CCC(O)(CS(=O)c3ccc(C(=O)O)cc3)CC2)cc1. The monoisotopic (exact) mass is 412 g/mol. The van der Waals surface area contributed by atoms with Gasteiger partial charge in [0, 0.05) is 24.5 Å². The van der Waals surface area contributed by atoms with Gasteiger partial charge in [-0.15, -0.1) is 0 Å². The number of hydrogen-bond acceptors (Lipinski definition) is 4. The molecule has 1 saturated heterocycles. The zero-order valence-corrected chi connectivity index (χ0v) is 16.9. The van der Waals surface area contributed by atoms with E-state index in [1.807, 2.05) is 24.3 Å². The Kier molecular flexibility index (Phi) is 6.80. The van der Waals surface area contributed by atoms with Gasteiger partial charge in [0.2, 0.25) is 0 Å². The predicted molar refractivity (Wildman–Crippen MR) is 112 cm³/mol. The van der Waals surface area contributed by atoms with Crippen molar-refractivity contribution in [1.82, 2.24) is 4.90 Å². The van der Waals surface area contributed by atoms with E-state index in [0.717, 1.165) is 26.1 Å². The minimum atomic E-state index is -1.38. The average Bonchev–Trinajstić information content (AvgIpc) is 2.73. The molecule has 0 saturated carbocycles. The summed E-state index contributed by atoms with van der Waals surface area (Å²) in [7, 11) is -1.38. The molecule has 2 aromatic carbocycles. The van der Waals surface area contributed by atoms with E-state index in [2.05, 4.69) is 9.74 Å². The molecule has 3 rings (SSSR count). The van der Waals surface area contributed by atoms with Crippen molar-refractivity contribution in [3.8, 4) is 0 Å². The number of hydrogen-bond donors (Lipinski definition) is 2. The highest BCUT2D eigenvalue weighted by Gasteiger charge is 2.34. The summed E-state index contributed by atoms with van der Waals surface area (Å²) >= 11 is 0. The molecule has 0 spiro atoms. The summed E-state index contributed by atoms with van der Waals surface area (Å²) in [6, 6.07) is 13.6. The van der Waals surface area contributed by atoms with E-state index in [0.29, 0.717) is 23.4 Å². The highest BCUT2D eigenvalue weighted by molar-refractivity contribution is 7.85. The first kappa shape index (κ1) is 21.2. The molecule has 2 N–H and O–H groups in total. The first-order valence-electron chi connectivity index (χ1n) is 9.51. The maximum absolute atomic E-state index is 12.6. The lowest BCUT2D eigenvalue weighted by atomic mass is 9.93. The molecule has 1 unspecified atom stereocenters. The fraction of sp³-hybridized carbons (Fsp3) is 0.364. The average molecular weight is 413 g/mol. The summed E-state index contributed by atoms with van der Waals surface area (Å²) in [6.45, 7) is 9.36. The second kappa shape index (κ2) is 9.31. The first-order valence-corrected chi connectivity index (χ1v) is 10.8. The van der Waals surface area contributed by atoms with Gasteiger partial charge in [0.25, 0.3) is 0 Å². The first-order chi connectivity index (χ1) is 13.9. The van der Waals surface area contributed by atoms with Crippen LogP contribution in [0.15, 0.2) is 53.4 Å². The second-order valence-corrected chi connectivity index (χ2v) is 8.86. The number of likely N-dealkylation sites (tertiary alicyclic amines) is 1. The molecule has 1 aliphatic heterocycles. The van der Waals surface area contributed by atoms with E-state index in [1.54, 1.807) is 12.1 Å². The Morgan fingerprint density at radius 2 is 1.72 bits per heavy atom. The Balaban J connectivity index is 1.48. The van der Waals surface area contributed by atoms with Crippen molar-refractivity contribution in [3.63, 3.8) is 0 Å². The molecule has 29 heavy (non-hydrogen) atoms. The Bertz CT molecular complexity index is 911. The third kappa shape index (κ3) is 5.73. The van der Waals surface area contributed by atoms with Crippen LogP contribution in [-0.2, 0) is 17.2 Å². The van der Waals surface area contributed by atoms with Crippen molar-refractivity contribution >= 4 is 22.5 Å². The maximum Gasteiger partial charge on any atom is 0.335 e. The molecule has 7 heteroatoms. The van der Waals surface area contributed by atoms with Crippen LogP contribution in [0.25, 0.3) is 4.85 Å². The van der Waals surface area contributed by atoms with Gasteiger partial charge in [0.15, 0.2) is 5.69 Å². The fourth-order valence-corrected chi connectivity index (χ4v) is 4.82. The molecule has 0 aliphatic carbocycles. The maximum atomic E-state index is 12.6. The Morgan fingerprint density at radius 1 is 1.10 bits per heavy atom. The number of aliphatic hydroxyl groups is 1. The molecular weight excluding hydrogens is 388 g/mol. The lowest BCUT2D eigenvalue weighted by Crippen LogP contribution is -2.47. The molecule has 1 heterocycles. The molecule has 0 bridgehead atoms. The number of aromatic carboxylic acids is 1. The summed E-state index contributed by atoms with van der Waals surface area (Å²) in [6.07, 6.45) is 2.00. The molecule has 1 aliphatic rings. The third-order valence-electron chi connectivity index (χ3n) is 5.33. The summed E-state index contributed by atoms with van der Waals surface area (Å²) in [5.41, 5.74) is 1.01. The van der Waals surface area contributed by atoms with Crippen LogP contribution in [0.5, 0.6) is 0 Å². The largest absolute Gasteiger partial charge is 0.478 e. The Morgan fingerprint density at radius 3 is 2.28 bits per heavy atom. The van der Waals surface area contributed by atoms with Gasteiger partial charge in [-0.25, -0.2) is 9.64 Å². The molecule has 2 aromatic rings. The minimum Gasteiger partial charge on any atom is -0.478 e. The molecule has 6 nitrogen and oxygen atoms in total. The molecule has 0 aromatic heterocycles. The van der Waals surface area contributed by atoms with Crippen LogP contribution in [0.3, 0.4) is 0 Å². The van der Waals surface area contributed by atoms with Crippen LogP contribution in [-0.4, -0.2) is 56.3 Å². The predicted octanol–water partition coefficient (Wildman–Crippen LogP) is 3.11. The standard InChI is InChI=1S/C22H24N2O4S/c1-23-19-6-2-17(3-7-19)10-13-24-14-11-22(27,12-15-24)16-29(28)20-8-4-18(5-9-20)21(25)26/h2-9,27H,10-16H2,(H,25,26). The van der Waals surface area contributed by atoms with Gasteiger partial charge in [-0.1, -0.05) is 24.3 Å². The van der Waals surface area contributed by atoms with Gasteiger partial charge in [-0.3, -0.25) is 4.21 Å². The summed E-state index contributed by atoms with van der Waals surface area (Å²) in [5, 5.41) is 19.8. The minimum absolute atomic E-state index is 0.154. The number of benzene rings is 2. The van der Waals surface area contributed by atoms with Crippen molar-refractivity contribution in [1.29, 1.82) is 0 Å². The molecule has 1 fully saturated rings. The fourth-order valence-electron chi connectivity index (χ4n) is 3.44. The van der Waals surface area contributed by atoms with Crippen LogP contribution in [0.4, 0.5) is 5.69 Å². The number of rotatable bonds is 7. The number of piperidine rings is 1. The van der Waals surface area contributed by atoms with Crippen LogP contribution in [0.2, 0.25) is 0 Å². The second-order valence-electron chi connectivity index (χ2n) is 7.41. The van der Waals surface area contributed by atoms with Crippen LogP contribution >= 0.6 is 0 Å². The van der Waals surface area contributed by atoms with E-state index >= 15 is 0 Å². The lowest BCUT2D eigenvalue weighted by Gasteiger charge is -2.38. The van der Waals surface area contributed by atoms with Crippen molar-refractivity contribution in [3.05, 3.63) is 71.1 Å².